The highest BCUT2D eigenvalue weighted by Crippen LogP contribution is 2.28. The number of methoxy groups -OCH3 is 2. The number of ether oxygens (including phenoxy) is 2. The summed E-state index contributed by atoms with van der Waals surface area (Å²) in [6, 6.07) is 18.0. The van der Waals surface area contributed by atoms with Crippen molar-refractivity contribution in [3.05, 3.63) is 65.9 Å². The molecule has 0 spiro atoms. The summed E-state index contributed by atoms with van der Waals surface area (Å²) in [5.41, 5.74) is 2.96. The molecule has 0 aliphatic carbocycles. The molecule has 0 saturated heterocycles. The van der Waals surface area contributed by atoms with Crippen molar-refractivity contribution < 1.29 is 9.47 Å². The second kappa shape index (κ2) is 6.31. The first kappa shape index (κ1) is 14.1. The van der Waals surface area contributed by atoms with Gasteiger partial charge in [0.1, 0.15) is 0 Å². The minimum atomic E-state index is 0.719. The third-order valence-corrected chi connectivity index (χ3v) is 3.47. The van der Waals surface area contributed by atoms with Crippen LogP contribution in [0.4, 0.5) is 0 Å². The van der Waals surface area contributed by atoms with Crippen LogP contribution in [-0.4, -0.2) is 19.2 Å². The lowest BCUT2D eigenvalue weighted by molar-refractivity contribution is 0.355. The molecule has 0 fully saturated rings. The highest BCUT2D eigenvalue weighted by molar-refractivity contribution is 5.80. The summed E-state index contributed by atoms with van der Waals surface area (Å²) in [6.45, 7) is 0. The van der Waals surface area contributed by atoms with Crippen LogP contribution in [0.2, 0.25) is 0 Å². The number of hydrogen-bond acceptors (Lipinski definition) is 3. The molecule has 0 N–H and O–H groups in total. The van der Waals surface area contributed by atoms with E-state index in [4.69, 9.17) is 9.47 Å². The van der Waals surface area contributed by atoms with Crippen molar-refractivity contribution in [3.8, 4) is 11.5 Å². The fraction of sp³-hybridized carbons (Fsp3) is 0.105. The number of aromatic nitrogens is 1. The summed E-state index contributed by atoms with van der Waals surface area (Å²) in [7, 11) is 3.27. The molecule has 110 valence electrons. The van der Waals surface area contributed by atoms with E-state index in [0.29, 0.717) is 0 Å². The van der Waals surface area contributed by atoms with Gasteiger partial charge in [0, 0.05) is 5.39 Å². The predicted molar refractivity (Wildman–Crippen MR) is 90.2 cm³/mol. The van der Waals surface area contributed by atoms with Crippen LogP contribution in [0.15, 0.2) is 54.6 Å². The number of fused-ring (bicyclic) bond motifs is 1. The van der Waals surface area contributed by atoms with Crippen LogP contribution in [-0.2, 0) is 0 Å². The van der Waals surface area contributed by atoms with Crippen molar-refractivity contribution in [2.45, 2.75) is 0 Å². The standard InChI is InChI=1S/C19H17NO2/c1-21-18-12-8-14(13-19(18)22-2)7-10-16-11-9-15-5-3-4-6-17(15)20-16/h3-13H,1-2H3/b10-7+. The van der Waals surface area contributed by atoms with Crippen LogP contribution in [0.25, 0.3) is 23.1 Å². The Balaban J connectivity index is 1.89. The first-order valence-corrected chi connectivity index (χ1v) is 7.06. The van der Waals surface area contributed by atoms with Crippen molar-refractivity contribution in [2.24, 2.45) is 0 Å². The quantitative estimate of drug-likeness (QED) is 0.713. The van der Waals surface area contributed by atoms with Crippen molar-refractivity contribution in [3.63, 3.8) is 0 Å². The molecule has 3 aromatic rings. The monoisotopic (exact) mass is 291 g/mol. The fourth-order valence-corrected chi connectivity index (χ4v) is 2.31. The maximum Gasteiger partial charge on any atom is 0.161 e. The Morgan fingerprint density at radius 2 is 1.64 bits per heavy atom. The van der Waals surface area contributed by atoms with E-state index < -0.39 is 0 Å². The molecule has 0 aliphatic rings. The van der Waals surface area contributed by atoms with Crippen molar-refractivity contribution in [1.82, 2.24) is 4.98 Å². The van der Waals surface area contributed by atoms with Gasteiger partial charge in [-0.3, -0.25) is 0 Å². The lowest BCUT2D eigenvalue weighted by atomic mass is 10.1. The number of pyridine rings is 1. The Morgan fingerprint density at radius 1 is 0.818 bits per heavy atom. The maximum absolute atomic E-state index is 5.31. The molecule has 1 aromatic heterocycles. The zero-order chi connectivity index (χ0) is 15.4. The normalized spacial score (nSPS) is 11.0. The summed E-state index contributed by atoms with van der Waals surface area (Å²) in [5, 5.41) is 1.14. The fourth-order valence-electron chi connectivity index (χ4n) is 2.31. The van der Waals surface area contributed by atoms with Gasteiger partial charge in [-0.25, -0.2) is 4.98 Å². The number of rotatable bonds is 4. The van der Waals surface area contributed by atoms with Gasteiger partial charge in [-0.2, -0.15) is 0 Å². The van der Waals surface area contributed by atoms with Gasteiger partial charge in [0.2, 0.25) is 0 Å². The number of benzene rings is 2. The molecule has 0 saturated carbocycles. The Hall–Kier alpha value is -2.81. The molecule has 1 heterocycles. The van der Waals surface area contributed by atoms with Gasteiger partial charge in [0.05, 0.1) is 25.4 Å². The molecular formula is C19H17NO2. The van der Waals surface area contributed by atoms with Gasteiger partial charge < -0.3 is 9.47 Å². The SMILES string of the molecule is COc1ccc(/C=C/c2ccc3ccccc3n2)cc1OC. The average molecular weight is 291 g/mol. The molecule has 0 amide bonds. The van der Waals surface area contributed by atoms with E-state index in [2.05, 4.69) is 17.1 Å². The lowest BCUT2D eigenvalue weighted by Gasteiger charge is -2.07. The predicted octanol–water partition coefficient (Wildman–Crippen LogP) is 4.42. The second-order valence-electron chi connectivity index (χ2n) is 4.88. The molecule has 0 atom stereocenters. The first-order valence-electron chi connectivity index (χ1n) is 7.06. The zero-order valence-corrected chi connectivity index (χ0v) is 12.6. The van der Waals surface area contributed by atoms with Gasteiger partial charge >= 0.3 is 0 Å². The largest absolute Gasteiger partial charge is 0.493 e. The van der Waals surface area contributed by atoms with E-state index in [1.54, 1.807) is 14.2 Å². The van der Waals surface area contributed by atoms with Gasteiger partial charge in [-0.15, -0.1) is 0 Å². The van der Waals surface area contributed by atoms with Crippen LogP contribution >= 0.6 is 0 Å². The van der Waals surface area contributed by atoms with Crippen LogP contribution in [0, 0.1) is 0 Å². The third-order valence-electron chi connectivity index (χ3n) is 3.47. The van der Waals surface area contributed by atoms with Gasteiger partial charge in [0.15, 0.2) is 11.5 Å². The molecule has 22 heavy (non-hydrogen) atoms. The molecule has 0 unspecified atom stereocenters. The van der Waals surface area contributed by atoms with E-state index in [1.165, 1.54) is 0 Å². The van der Waals surface area contributed by atoms with Gasteiger partial charge in [-0.1, -0.05) is 36.4 Å². The zero-order valence-electron chi connectivity index (χ0n) is 12.6. The van der Waals surface area contributed by atoms with Crippen LogP contribution in [0.3, 0.4) is 0 Å². The maximum atomic E-state index is 5.31. The topological polar surface area (TPSA) is 31.4 Å². The van der Waals surface area contributed by atoms with Crippen LogP contribution in [0.5, 0.6) is 11.5 Å². The molecule has 2 aromatic carbocycles. The Kier molecular flexibility index (Phi) is 4.05. The molecule has 3 nitrogen and oxygen atoms in total. The Labute approximate surface area is 129 Å². The van der Waals surface area contributed by atoms with Crippen molar-refractivity contribution in [1.29, 1.82) is 0 Å². The Morgan fingerprint density at radius 3 is 2.45 bits per heavy atom. The summed E-state index contributed by atoms with van der Waals surface area (Å²) < 4.78 is 10.6. The molecule has 0 aliphatic heterocycles. The minimum Gasteiger partial charge on any atom is -0.493 e. The summed E-state index contributed by atoms with van der Waals surface area (Å²) in [6.07, 6.45) is 4.01. The molecule has 3 rings (SSSR count). The third kappa shape index (κ3) is 2.93. The summed E-state index contributed by atoms with van der Waals surface area (Å²) in [4.78, 5) is 4.62. The molecule has 0 bridgehead atoms. The number of hydrogen-bond donors (Lipinski definition) is 0. The van der Waals surface area contributed by atoms with Crippen molar-refractivity contribution >= 4 is 23.1 Å². The van der Waals surface area contributed by atoms with E-state index in [-0.39, 0.29) is 0 Å². The van der Waals surface area contributed by atoms with E-state index in [1.807, 2.05) is 54.6 Å². The second-order valence-corrected chi connectivity index (χ2v) is 4.88. The summed E-state index contributed by atoms with van der Waals surface area (Å²) in [5.74, 6) is 1.44. The minimum absolute atomic E-state index is 0.719. The lowest BCUT2D eigenvalue weighted by Crippen LogP contribution is -1.90. The summed E-state index contributed by atoms with van der Waals surface area (Å²) >= 11 is 0. The molecular weight excluding hydrogens is 274 g/mol. The Bertz CT molecular complexity index is 825. The van der Waals surface area contributed by atoms with E-state index in [0.717, 1.165) is 33.7 Å². The molecule has 3 heteroatoms. The first-order chi connectivity index (χ1) is 10.8. The molecule has 0 radical (unpaired) electrons. The number of nitrogens with zero attached hydrogens (tertiary/aromatic N) is 1. The van der Waals surface area contributed by atoms with Crippen LogP contribution in [0.1, 0.15) is 11.3 Å². The van der Waals surface area contributed by atoms with Crippen LogP contribution < -0.4 is 9.47 Å². The van der Waals surface area contributed by atoms with E-state index in [9.17, 15) is 0 Å². The van der Waals surface area contributed by atoms with Gasteiger partial charge in [-0.05, 0) is 35.9 Å². The van der Waals surface area contributed by atoms with Gasteiger partial charge in [0.25, 0.3) is 0 Å². The van der Waals surface area contributed by atoms with E-state index >= 15 is 0 Å². The number of para-hydroxylation sites is 1. The highest BCUT2D eigenvalue weighted by atomic mass is 16.5. The smallest absolute Gasteiger partial charge is 0.161 e. The average Bonchev–Trinajstić information content (AvgIpc) is 2.59. The highest BCUT2D eigenvalue weighted by Gasteiger charge is 2.02. The van der Waals surface area contributed by atoms with Crippen molar-refractivity contribution in [2.75, 3.05) is 14.2 Å².